The third kappa shape index (κ3) is 5.90. The lowest BCUT2D eigenvalue weighted by atomic mass is 10.1. The number of allylic oxidation sites excluding steroid dienone is 3. The summed E-state index contributed by atoms with van der Waals surface area (Å²) >= 11 is 6.99. The quantitative estimate of drug-likeness (QED) is 0.0771. The average Bonchev–Trinajstić information content (AvgIpc) is 2.60. The molecule has 0 unspecified atom stereocenters. The molecule has 0 saturated heterocycles. The van der Waals surface area contributed by atoms with Gasteiger partial charge >= 0.3 is 0 Å². The molecule has 1 rings (SSSR count). The Morgan fingerprint density at radius 1 is 1.00 bits per heavy atom. The van der Waals surface area contributed by atoms with Crippen LogP contribution in [-0.4, -0.2) is 15.9 Å². The van der Waals surface area contributed by atoms with Gasteiger partial charge in [0, 0.05) is 9.65 Å². The molecule has 0 radical (unpaired) electrons. The van der Waals surface area contributed by atoms with Crippen molar-refractivity contribution in [2.24, 2.45) is 5.16 Å². The fraction of sp³-hybridized carbons (Fsp3) is 0.353. The van der Waals surface area contributed by atoms with E-state index in [-0.39, 0.29) is 9.65 Å². The zero-order valence-electron chi connectivity index (χ0n) is 13.9. The first-order valence-corrected chi connectivity index (χ1v) is 9.17. The molecular formula is C17H16Br2F5NO. The molecule has 0 aliphatic carbocycles. The van der Waals surface area contributed by atoms with Gasteiger partial charge in [-0.1, -0.05) is 54.7 Å². The standard InChI is InChI=1S/C17H16Br2F5NO/c1-8(2)11(18)6-12(19)9(3)4-5-25-26-7-10-13(20)15(22)17(24)16(23)14(10)21/h4-5,11-12H,1,6-7H2,2-3H3/b9-4+,25-5+/t11-,12+/m0/s1. The van der Waals surface area contributed by atoms with Crippen molar-refractivity contribution in [1.82, 2.24) is 0 Å². The number of hydrogen-bond donors (Lipinski definition) is 0. The van der Waals surface area contributed by atoms with E-state index in [0.29, 0.717) is 0 Å². The van der Waals surface area contributed by atoms with Crippen molar-refractivity contribution in [3.63, 3.8) is 0 Å². The van der Waals surface area contributed by atoms with Crippen LogP contribution in [0.25, 0.3) is 0 Å². The Hall–Kier alpha value is -1.22. The SMILES string of the molecule is C=C(C)[C@@H](Br)C[C@@H](Br)/C(C)=C/C=N/OCc1c(F)c(F)c(F)c(F)c1F. The number of alkyl halides is 2. The van der Waals surface area contributed by atoms with Crippen LogP contribution in [-0.2, 0) is 11.4 Å². The molecule has 0 aliphatic rings. The van der Waals surface area contributed by atoms with E-state index >= 15 is 0 Å². The fourth-order valence-electron chi connectivity index (χ4n) is 1.74. The average molecular weight is 505 g/mol. The van der Waals surface area contributed by atoms with E-state index < -0.39 is 41.3 Å². The first-order chi connectivity index (χ1) is 12.1. The Kier molecular flexibility index (Phi) is 8.95. The minimum absolute atomic E-state index is 0.0187. The van der Waals surface area contributed by atoms with E-state index in [1.165, 1.54) is 6.21 Å². The Bertz CT molecular complexity index is 707. The van der Waals surface area contributed by atoms with Crippen molar-refractivity contribution >= 4 is 38.1 Å². The van der Waals surface area contributed by atoms with Gasteiger partial charge in [-0.05, 0) is 26.3 Å². The second kappa shape index (κ2) is 10.2. The van der Waals surface area contributed by atoms with Crippen molar-refractivity contribution in [3.05, 3.63) is 58.5 Å². The number of hydrogen-bond acceptors (Lipinski definition) is 2. The Morgan fingerprint density at radius 3 is 2.00 bits per heavy atom. The van der Waals surface area contributed by atoms with Gasteiger partial charge in [0.25, 0.3) is 0 Å². The molecule has 0 saturated carbocycles. The smallest absolute Gasteiger partial charge is 0.200 e. The Balaban J connectivity index is 2.70. The van der Waals surface area contributed by atoms with E-state index in [9.17, 15) is 22.0 Å². The molecule has 0 amide bonds. The molecule has 0 aliphatic heterocycles. The lowest BCUT2D eigenvalue weighted by molar-refractivity contribution is 0.124. The number of nitrogens with zero attached hydrogens (tertiary/aromatic N) is 1. The number of rotatable bonds is 8. The second-order valence-electron chi connectivity index (χ2n) is 5.50. The van der Waals surface area contributed by atoms with E-state index in [4.69, 9.17) is 0 Å². The third-order valence-electron chi connectivity index (χ3n) is 3.43. The fourth-order valence-corrected chi connectivity index (χ4v) is 3.15. The highest BCUT2D eigenvalue weighted by molar-refractivity contribution is 9.10. The van der Waals surface area contributed by atoms with Crippen LogP contribution in [0.2, 0.25) is 0 Å². The predicted molar refractivity (Wildman–Crippen MR) is 98.1 cm³/mol. The van der Waals surface area contributed by atoms with Gasteiger partial charge < -0.3 is 4.84 Å². The highest BCUT2D eigenvalue weighted by atomic mass is 79.9. The predicted octanol–water partition coefficient (Wildman–Crippen LogP) is 6.32. The van der Waals surface area contributed by atoms with Crippen LogP contribution in [0.1, 0.15) is 25.8 Å². The lowest BCUT2D eigenvalue weighted by Crippen LogP contribution is -2.09. The lowest BCUT2D eigenvalue weighted by Gasteiger charge is -2.14. The van der Waals surface area contributed by atoms with Crippen LogP contribution in [0.4, 0.5) is 22.0 Å². The summed E-state index contributed by atoms with van der Waals surface area (Å²) in [6.07, 6.45) is 3.55. The summed E-state index contributed by atoms with van der Waals surface area (Å²) in [5.41, 5.74) is 0.780. The summed E-state index contributed by atoms with van der Waals surface area (Å²) in [7, 11) is 0. The molecule has 2 atom stereocenters. The molecule has 0 fully saturated rings. The van der Waals surface area contributed by atoms with Crippen molar-refractivity contribution in [3.8, 4) is 0 Å². The molecule has 0 spiro atoms. The van der Waals surface area contributed by atoms with Gasteiger partial charge in [0.05, 0.1) is 11.8 Å². The van der Waals surface area contributed by atoms with Gasteiger partial charge in [0.15, 0.2) is 23.3 Å². The monoisotopic (exact) mass is 503 g/mol. The largest absolute Gasteiger partial charge is 0.391 e. The van der Waals surface area contributed by atoms with Crippen LogP contribution in [0.15, 0.2) is 29.0 Å². The van der Waals surface area contributed by atoms with Gasteiger partial charge in [0.1, 0.15) is 6.61 Å². The molecule has 1 aromatic rings. The molecular weight excluding hydrogens is 489 g/mol. The van der Waals surface area contributed by atoms with Crippen LogP contribution in [0.3, 0.4) is 0 Å². The van der Waals surface area contributed by atoms with Gasteiger partial charge in [-0.15, -0.1) is 0 Å². The number of benzene rings is 1. The summed E-state index contributed by atoms with van der Waals surface area (Å²) in [5.74, 6) is -10.1. The topological polar surface area (TPSA) is 21.6 Å². The van der Waals surface area contributed by atoms with Crippen molar-refractivity contribution in [1.29, 1.82) is 0 Å². The van der Waals surface area contributed by atoms with E-state index in [0.717, 1.165) is 17.6 Å². The van der Waals surface area contributed by atoms with Gasteiger partial charge in [0.2, 0.25) is 5.82 Å². The maximum absolute atomic E-state index is 13.5. The van der Waals surface area contributed by atoms with Crippen molar-refractivity contribution in [2.45, 2.75) is 36.5 Å². The molecule has 144 valence electrons. The normalized spacial score (nSPS) is 14.6. The summed E-state index contributed by atoms with van der Waals surface area (Å²) in [6.45, 7) is 6.67. The van der Waals surface area contributed by atoms with Crippen LogP contribution >= 0.6 is 31.9 Å². The number of oxime groups is 1. The molecule has 2 nitrogen and oxygen atoms in total. The highest BCUT2D eigenvalue weighted by Gasteiger charge is 2.25. The third-order valence-corrected chi connectivity index (χ3v) is 5.68. The van der Waals surface area contributed by atoms with Gasteiger partial charge in [-0.3, -0.25) is 0 Å². The van der Waals surface area contributed by atoms with Crippen molar-refractivity contribution < 1.29 is 26.8 Å². The van der Waals surface area contributed by atoms with Crippen LogP contribution in [0, 0.1) is 29.1 Å². The maximum Gasteiger partial charge on any atom is 0.200 e. The molecule has 0 N–H and O–H groups in total. The van der Waals surface area contributed by atoms with E-state index in [1.807, 2.05) is 13.8 Å². The summed E-state index contributed by atoms with van der Waals surface area (Å²) < 4.78 is 65.9. The van der Waals surface area contributed by atoms with E-state index in [2.05, 4.69) is 48.4 Å². The molecule has 0 heterocycles. The van der Waals surface area contributed by atoms with Crippen LogP contribution in [0.5, 0.6) is 0 Å². The molecule has 0 aromatic heterocycles. The second-order valence-corrected chi connectivity index (χ2v) is 7.71. The highest BCUT2D eigenvalue weighted by Crippen LogP contribution is 2.25. The van der Waals surface area contributed by atoms with Gasteiger partial charge in [-0.2, -0.15) is 0 Å². The van der Waals surface area contributed by atoms with Crippen molar-refractivity contribution in [2.75, 3.05) is 0 Å². The molecule has 1 aromatic carbocycles. The summed E-state index contributed by atoms with van der Waals surface area (Å²) in [4.78, 5) is 4.77. The zero-order valence-corrected chi connectivity index (χ0v) is 17.1. The maximum atomic E-state index is 13.5. The number of halogens is 7. The van der Waals surface area contributed by atoms with Gasteiger partial charge in [-0.25, -0.2) is 22.0 Å². The molecule has 0 bridgehead atoms. The molecule has 26 heavy (non-hydrogen) atoms. The van der Waals surface area contributed by atoms with Crippen LogP contribution < -0.4 is 0 Å². The first kappa shape index (κ1) is 22.8. The Morgan fingerprint density at radius 2 is 1.50 bits per heavy atom. The van der Waals surface area contributed by atoms with E-state index in [1.54, 1.807) is 6.08 Å². The minimum atomic E-state index is -2.21. The zero-order chi connectivity index (χ0) is 20.0. The Labute approximate surface area is 165 Å². The minimum Gasteiger partial charge on any atom is -0.391 e. The summed E-state index contributed by atoms with van der Waals surface area (Å²) in [5, 5.41) is 3.44. The summed E-state index contributed by atoms with van der Waals surface area (Å²) in [6, 6.07) is 0. The molecule has 9 heteroatoms. The first-order valence-electron chi connectivity index (χ1n) is 7.33.